The molecule has 0 N–H and O–H groups in total. The molecule has 7 heteroatoms. The maximum atomic E-state index is 10.9. The van der Waals surface area contributed by atoms with E-state index in [0.29, 0.717) is 33.9 Å². The molecule has 6 nitrogen and oxygen atoms in total. The maximum absolute atomic E-state index is 10.9. The Bertz CT molecular complexity index is 3470. The summed E-state index contributed by atoms with van der Waals surface area (Å²) >= 11 is 1.76. The fourth-order valence-corrected chi connectivity index (χ4v) is 9.14. The second-order valence-electron chi connectivity index (χ2n) is 13.5. The van der Waals surface area contributed by atoms with Crippen molar-refractivity contribution in [2.24, 2.45) is 0 Å². The van der Waals surface area contributed by atoms with Crippen LogP contribution in [-0.4, -0.2) is 14.5 Å². The third-order valence-corrected chi connectivity index (χ3v) is 11.7. The van der Waals surface area contributed by atoms with Gasteiger partial charge < -0.3 is 8.98 Å². The number of rotatable bonds is 4. The fourth-order valence-electron chi connectivity index (χ4n) is 8.06. The van der Waals surface area contributed by atoms with Gasteiger partial charge in [-0.3, -0.25) is 0 Å². The van der Waals surface area contributed by atoms with E-state index in [1.54, 1.807) is 11.3 Å². The number of hydrogen-bond acceptors (Lipinski definition) is 6. The standard InChI is InChI=1S/C48H25N5OS/c49-26-31-24-29(18-21-38(31)53-39-15-7-4-12-32(39)34-20-22-41-44(47(34)53)35-14-5-8-16-40(35)54-41)46-37(27-50)45(28-10-2-1-3-11-28)51-48(52-46)30-19-23-43-36(25-30)33-13-6-9-17-42(33)55-43/h1-25H. The van der Waals surface area contributed by atoms with Gasteiger partial charge >= 0.3 is 0 Å². The number of furan rings is 1. The lowest BCUT2D eigenvalue weighted by molar-refractivity contribution is 0.669. The van der Waals surface area contributed by atoms with Crippen molar-refractivity contribution in [3.63, 3.8) is 0 Å². The van der Waals surface area contributed by atoms with E-state index in [9.17, 15) is 10.5 Å². The first-order chi connectivity index (χ1) is 27.2. The minimum atomic E-state index is 0.345. The zero-order chi connectivity index (χ0) is 36.6. The highest BCUT2D eigenvalue weighted by Gasteiger charge is 2.23. The molecule has 0 aliphatic heterocycles. The number of para-hydroxylation sites is 2. The number of nitrogens with zero attached hydrogens (tertiary/aromatic N) is 5. The highest BCUT2D eigenvalue weighted by molar-refractivity contribution is 7.25. The Labute approximate surface area is 318 Å². The van der Waals surface area contributed by atoms with E-state index in [0.717, 1.165) is 65.9 Å². The van der Waals surface area contributed by atoms with Crippen LogP contribution in [-0.2, 0) is 0 Å². The Morgan fingerprint density at radius 1 is 0.527 bits per heavy atom. The van der Waals surface area contributed by atoms with Gasteiger partial charge in [-0.05, 0) is 60.7 Å². The van der Waals surface area contributed by atoms with Crippen molar-refractivity contribution < 1.29 is 4.42 Å². The molecule has 0 atom stereocenters. The Balaban J connectivity index is 1.16. The van der Waals surface area contributed by atoms with Crippen molar-refractivity contribution in [1.82, 2.24) is 14.5 Å². The van der Waals surface area contributed by atoms with Crippen LogP contribution in [0, 0.1) is 22.7 Å². The fraction of sp³-hybridized carbons (Fsp3) is 0. The van der Waals surface area contributed by atoms with Gasteiger partial charge in [0.05, 0.1) is 39.1 Å². The molecule has 0 saturated carbocycles. The zero-order valence-corrected chi connectivity index (χ0v) is 29.8. The topological polar surface area (TPSA) is 91.4 Å². The average Bonchev–Trinajstić information content (AvgIpc) is 3.92. The third-order valence-electron chi connectivity index (χ3n) is 10.5. The molecule has 55 heavy (non-hydrogen) atoms. The lowest BCUT2D eigenvalue weighted by Crippen LogP contribution is -2.02. The number of fused-ring (bicyclic) bond motifs is 10. The summed E-state index contributed by atoms with van der Waals surface area (Å²) in [4.78, 5) is 10.2. The van der Waals surface area contributed by atoms with Crippen LogP contribution in [0.4, 0.5) is 0 Å². The number of hydrogen-bond donors (Lipinski definition) is 0. The van der Waals surface area contributed by atoms with Crippen LogP contribution in [0.2, 0.25) is 0 Å². The highest BCUT2D eigenvalue weighted by atomic mass is 32.1. The molecule has 11 rings (SSSR count). The van der Waals surface area contributed by atoms with Gasteiger partial charge in [-0.2, -0.15) is 10.5 Å². The van der Waals surface area contributed by atoms with Crippen LogP contribution in [0.25, 0.3) is 104 Å². The van der Waals surface area contributed by atoms with E-state index in [1.807, 2.05) is 91.0 Å². The summed E-state index contributed by atoms with van der Waals surface area (Å²) in [6.07, 6.45) is 0. The maximum Gasteiger partial charge on any atom is 0.160 e. The summed E-state index contributed by atoms with van der Waals surface area (Å²) in [5, 5.41) is 28.1. The van der Waals surface area contributed by atoms with Crippen molar-refractivity contribution in [3.8, 4) is 51.7 Å². The molecule has 0 radical (unpaired) electrons. The molecule has 4 heterocycles. The molecule has 7 aromatic carbocycles. The van der Waals surface area contributed by atoms with E-state index in [1.165, 1.54) is 14.8 Å². The summed E-state index contributed by atoms with van der Waals surface area (Å²) in [5.74, 6) is 0.504. The summed E-state index contributed by atoms with van der Waals surface area (Å²) in [7, 11) is 0. The molecule has 0 unspecified atom stereocenters. The van der Waals surface area contributed by atoms with Gasteiger partial charge in [0, 0.05) is 53.0 Å². The Morgan fingerprint density at radius 3 is 2.07 bits per heavy atom. The van der Waals surface area contributed by atoms with E-state index in [4.69, 9.17) is 14.4 Å². The third kappa shape index (κ3) is 4.65. The van der Waals surface area contributed by atoms with Gasteiger partial charge in [0.15, 0.2) is 5.82 Å². The SMILES string of the molecule is N#Cc1cc(-c2nc(-c3ccc4sc5ccccc5c4c3)nc(-c3ccccc3)c2C#N)ccc1-n1c2ccccc2c2ccc3oc4ccccc4c3c21. The predicted octanol–water partition coefficient (Wildman–Crippen LogP) is 12.6. The molecule has 0 aliphatic rings. The number of thiophene rings is 1. The number of benzene rings is 7. The van der Waals surface area contributed by atoms with Crippen LogP contribution in [0.5, 0.6) is 0 Å². The van der Waals surface area contributed by atoms with Gasteiger partial charge in [0.1, 0.15) is 28.9 Å². The largest absolute Gasteiger partial charge is 0.456 e. The van der Waals surface area contributed by atoms with Crippen LogP contribution in [0.15, 0.2) is 156 Å². The molecule has 0 aliphatic carbocycles. The second kappa shape index (κ2) is 12.0. The highest BCUT2D eigenvalue weighted by Crippen LogP contribution is 2.42. The molecule has 0 fully saturated rings. The number of nitriles is 2. The molecular formula is C48H25N5OS. The minimum absolute atomic E-state index is 0.345. The molecule has 4 aromatic heterocycles. The minimum Gasteiger partial charge on any atom is -0.456 e. The normalized spacial score (nSPS) is 11.6. The van der Waals surface area contributed by atoms with E-state index in [2.05, 4.69) is 77.4 Å². The van der Waals surface area contributed by atoms with Crippen LogP contribution < -0.4 is 0 Å². The van der Waals surface area contributed by atoms with Crippen molar-refractivity contribution in [2.45, 2.75) is 0 Å². The smallest absolute Gasteiger partial charge is 0.160 e. The molecule has 11 aromatic rings. The lowest BCUT2D eigenvalue weighted by atomic mass is 9.98. The van der Waals surface area contributed by atoms with E-state index >= 15 is 0 Å². The average molecular weight is 720 g/mol. The molecule has 0 bridgehead atoms. The summed E-state index contributed by atoms with van der Waals surface area (Å²) in [6, 6.07) is 55.6. The van der Waals surface area contributed by atoms with Crippen LogP contribution >= 0.6 is 11.3 Å². The first-order valence-electron chi connectivity index (χ1n) is 17.9. The van der Waals surface area contributed by atoms with Gasteiger partial charge in [0.25, 0.3) is 0 Å². The molecule has 0 saturated heterocycles. The van der Waals surface area contributed by atoms with Crippen molar-refractivity contribution in [3.05, 3.63) is 163 Å². The first-order valence-corrected chi connectivity index (χ1v) is 18.7. The van der Waals surface area contributed by atoms with Crippen molar-refractivity contribution >= 4 is 75.3 Å². The quantitative estimate of drug-likeness (QED) is 0.181. The van der Waals surface area contributed by atoms with Gasteiger partial charge in [-0.1, -0.05) is 91.0 Å². The number of aromatic nitrogens is 3. The van der Waals surface area contributed by atoms with Crippen molar-refractivity contribution in [2.75, 3.05) is 0 Å². The summed E-state index contributed by atoms with van der Waals surface area (Å²) in [6.45, 7) is 0. The van der Waals surface area contributed by atoms with Gasteiger partial charge in [0.2, 0.25) is 0 Å². The monoisotopic (exact) mass is 719 g/mol. The Morgan fingerprint density at radius 2 is 1.24 bits per heavy atom. The van der Waals surface area contributed by atoms with Gasteiger partial charge in [-0.15, -0.1) is 11.3 Å². The summed E-state index contributed by atoms with van der Waals surface area (Å²) in [5.41, 5.74) is 8.36. The van der Waals surface area contributed by atoms with E-state index in [-0.39, 0.29) is 0 Å². The molecule has 254 valence electrons. The zero-order valence-electron chi connectivity index (χ0n) is 29.0. The summed E-state index contributed by atoms with van der Waals surface area (Å²) < 4.78 is 10.9. The molecular weight excluding hydrogens is 695 g/mol. The first kappa shape index (κ1) is 31.0. The van der Waals surface area contributed by atoms with Crippen molar-refractivity contribution in [1.29, 1.82) is 10.5 Å². The molecule has 0 spiro atoms. The Hall–Kier alpha value is -7.58. The van der Waals surface area contributed by atoms with E-state index < -0.39 is 0 Å². The van der Waals surface area contributed by atoms with Crippen LogP contribution in [0.1, 0.15) is 11.1 Å². The second-order valence-corrected chi connectivity index (χ2v) is 14.6. The lowest BCUT2D eigenvalue weighted by Gasteiger charge is -2.15. The Kier molecular flexibility index (Phi) is 6.75. The van der Waals surface area contributed by atoms with Crippen LogP contribution in [0.3, 0.4) is 0 Å². The predicted molar refractivity (Wildman–Crippen MR) is 222 cm³/mol. The molecule has 0 amide bonds. The van der Waals surface area contributed by atoms with Gasteiger partial charge in [-0.25, -0.2) is 9.97 Å².